The molecule has 4 heterocycles. The number of pyridine rings is 2. The standard InChI is InChI=1S/C22H12N4.C12H8N2.Ru/c1-3-13-7-8-14-4-2-6-16-20(14)19(13)15(5-1)17-11-25-22(26-21(16)17)18-12-23-9-10-24-18;1-3-9-5-6-10-4-2-8-14-12(10)11(9)13-7-1;/h1-12H;1-8H;/q;;+6. The fourth-order valence-corrected chi connectivity index (χ4v) is 5.58. The van der Waals surface area contributed by atoms with E-state index in [-0.39, 0.29) is 19.5 Å². The molecule has 0 bridgehead atoms. The van der Waals surface area contributed by atoms with Crippen LogP contribution in [0.25, 0.3) is 76.5 Å². The van der Waals surface area contributed by atoms with Gasteiger partial charge in [-0.15, -0.1) is 0 Å². The molecule has 7 heteroatoms. The SMILES string of the molecule is [Ru+6].c1cc2ccc3cccc4c5nc(-c6cnccn6)ncc5c(c1)c2c34.c1cnc2c(c1)ccc1cccnc12. The number of rotatable bonds is 1. The number of fused-ring (bicyclic) bond motifs is 6. The van der Waals surface area contributed by atoms with E-state index in [9.17, 15) is 0 Å². The van der Waals surface area contributed by atoms with Gasteiger partial charge in [-0.2, -0.15) is 0 Å². The van der Waals surface area contributed by atoms with Crippen LogP contribution in [0, 0.1) is 0 Å². The molecule has 5 aromatic carbocycles. The first-order chi connectivity index (χ1) is 19.8. The molecule has 41 heavy (non-hydrogen) atoms. The minimum atomic E-state index is 0. The van der Waals surface area contributed by atoms with Gasteiger partial charge < -0.3 is 0 Å². The van der Waals surface area contributed by atoms with Crippen molar-refractivity contribution in [2.75, 3.05) is 0 Å². The Morgan fingerprint density at radius 1 is 0.415 bits per heavy atom. The molecule has 0 saturated carbocycles. The summed E-state index contributed by atoms with van der Waals surface area (Å²) in [5.74, 6) is 0.598. The van der Waals surface area contributed by atoms with Crippen LogP contribution >= 0.6 is 0 Å². The van der Waals surface area contributed by atoms with E-state index in [1.54, 1.807) is 31.0 Å². The maximum Gasteiger partial charge on any atom is 6.00 e. The van der Waals surface area contributed by atoms with Gasteiger partial charge in [0.25, 0.3) is 0 Å². The van der Waals surface area contributed by atoms with Crippen molar-refractivity contribution in [3.63, 3.8) is 0 Å². The van der Waals surface area contributed by atoms with E-state index in [1.807, 2.05) is 18.3 Å². The van der Waals surface area contributed by atoms with Crippen LogP contribution in [0.5, 0.6) is 0 Å². The normalized spacial score (nSPS) is 11.2. The molecule has 0 fully saturated rings. The van der Waals surface area contributed by atoms with E-state index in [0.717, 1.165) is 38.1 Å². The van der Waals surface area contributed by atoms with Gasteiger partial charge in [-0.25, -0.2) is 15.0 Å². The zero-order valence-corrected chi connectivity index (χ0v) is 23.3. The fourth-order valence-electron chi connectivity index (χ4n) is 5.58. The van der Waals surface area contributed by atoms with Crippen molar-refractivity contribution in [2.45, 2.75) is 0 Å². The molecule has 4 aromatic heterocycles. The summed E-state index contributed by atoms with van der Waals surface area (Å²) in [4.78, 5) is 26.6. The summed E-state index contributed by atoms with van der Waals surface area (Å²) in [5.41, 5.74) is 3.59. The molecule has 188 valence electrons. The van der Waals surface area contributed by atoms with E-state index in [1.165, 1.54) is 26.9 Å². The van der Waals surface area contributed by atoms with Crippen LogP contribution in [0.1, 0.15) is 0 Å². The van der Waals surface area contributed by atoms with Gasteiger partial charge in [0, 0.05) is 52.5 Å². The molecular weight excluding hydrogens is 593 g/mol. The van der Waals surface area contributed by atoms with Crippen molar-refractivity contribution in [3.8, 4) is 11.5 Å². The van der Waals surface area contributed by atoms with Gasteiger partial charge in [0.1, 0.15) is 5.69 Å². The molecule has 0 aliphatic rings. The molecule has 0 N–H and O–H groups in total. The maximum absolute atomic E-state index is 4.88. The monoisotopic (exact) mass is 614 g/mol. The second-order valence-electron chi connectivity index (χ2n) is 9.64. The molecule has 0 aliphatic carbocycles. The van der Waals surface area contributed by atoms with Crippen LogP contribution in [-0.4, -0.2) is 29.9 Å². The van der Waals surface area contributed by atoms with Gasteiger partial charge in [0.05, 0.1) is 22.7 Å². The Labute approximate surface area is 247 Å². The van der Waals surface area contributed by atoms with Crippen LogP contribution in [-0.2, 0) is 19.5 Å². The van der Waals surface area contributed by atoms with Crippen LogP contribution in [0.4, 0.5) is 0 Å². The molecule has 0 saturated heterocycles. The number of hydrogen-bond donors (Lipinski definition) is 0. The third kappa shape index (κ3) is 4.14. The largest absolute Gasteiger partial charge is 6.00 e. The van der Waals surface area contributed by atoms with E-state index < -0.39 is 0 Å². The summed E-state index contributed by atoms with van der Waals surface area (Å²) in [6.07, 6.45) is 10.5. The number of hydrogen-bond acceptors (Lipinski definition) is 6. The van der Waals surface area contributed by atoms with E-state index in [4.69, 9.17) is 4.98 Å². The van der Waals surface area contributed by atoms with Crippen molar-refractivity contribution in [3.05, 3.63) is 122 Å². The predicted octanol–water partition coefficient (Wildman–Crippen LogP) is 7.76. The first-order valence-corrected chi connectivity index (χ1v) is 13.0. The molecular formula is C34H20N6Ru+6. The van der Waals surface area contributed by atoms with Gasteiger partial charge in [0.15, 0.2) is 5.82 Å². The Hall–Kier alpha value is -5.00. The molecule has 0 unspecified atom stereocenters. The molecule has 0 atom stereocenters. The average Bonchev–Trinajstić information content (AvgIpc) is 3.04. The van der Waals surface area contributed by atoms with E-state index in [2.05, 4.69) is 97.7 Å². The number of nitrogens with zero attached hydrogens (tertiary/aromatic N) is 6. The summed E-state index contributed by atoms with van der Waals surface area (Å²) in [6.45, 7) is 0. The van der Waals surface area contributed by atoms with Crippen LogP contribution in [0.15, 0.2) is 122 Å². The zero-order valence-electron chi connectivity index (χ0n) is 21.6. The summed E-state index contributed by atoms with van der Waals surface area (Å²) in [7, 11) is 0. The summed E-state index contributed by atoms with van der Waals surface area (Å²) >= 11 is 0. The first kappa shape index (κ1) is 25.0. The van der Waals surface area contributed by atoms with Gasteiger partial charge in [-0.05, 0) is 39.1 Å². The van der Waals surface area contributed by atoms with Gasteiger partial charge in [0.2, 0.25) is 0 Å². The maximum atomic E-state index is 4.88. The molecule has 0 amide bonds. The van der Waals surface area contributed by atoms with Crippen molar-refractivity contribution in [2.24, 2.45) is 0 Å². The second-order valence-corrected chi connectivity index (χ2v) is 9.64. The van der Waals surface area contributed by atoms with Crippen LogP contribution in [0.3, 0.4) is 0 Å². The molecule has 9 rings (SSSR count). The minimum Gasteiger partial charge on any atom is -0.261 e. The fraction of sp³-hybridized carbons (Fsp3) is 0. The number of aromatic nitrogens is 6. The van der Waals surface area contributed by atoms with Gasteiger partial charge in [-0.1, -0.05) is 72.8 Å². The average molecular weight is 614 g/mol. The summed E-state index contributed by atoms with van der Waals surface area (Å²) in [6, 6.07) is 29.3. The topological polar surface area (TPSA) is 77.3 Å². The van der Waals surface area contributed by atoms with Crippen molar-refractivity contribution < 1.29 is 19.5 Å². The Kier molecular flexibility index (Phi) is 6.22. The molecule has 9 aromatic rings. The Morgan fingerprint density at radius 2 is 1.02 bits per heavy atom. The van der Waals surface area contributed by atoms with E-state index in [0.29, 0.717) is 11.5 Å². The number of benzene rings is 5. The first-order valence-electron chi connectivity index (χ1n) is 13.0. The van der Waals surface area contributed by atoms with Crippen molar-refractivity contribution in [1.82, 2.24) is 29.9 Å². The van der Waals surface area contributed by atoms with E-state index >= 15 is 0 Å². The third-order valence-corrected chi connectivity index (χ3v) is 7.36. The Balaban J connectivity index is 0.000000156. The molecule has 0 spiro atoms. The van der Waals surface area contributed by atoms with Crippen LogP contribution < -0.4 is 0 Å². The Bertz CT molecular complexity index is 2290. The zero-order chi connectivity index (χ0) is 26.5. The summed E-state index contributed by atoms with van der Waals surface area (Å²) < 4.78 is 0. The third-order valence-electron chi connectivity index (χ3n) is 7.36. The van der Waals surface area contributed by atoms with Gasteiger partial charge >= 0.3 is 19.5 Å². The van der Waals surface area contributed by atoms with Crippen molar-refractivity contribution in [1.29, 1.82) is 0 Å². The molecule has 0 radical (unpaired) electrons. The summed E-state index contributed by atoms with van der Waals surface area (Å²) in [5, 5.41) is 10.7. The minimum absolute atomic E-state index is 0. The smallest absolute Gasteiger partial charge is 0.261 e. The van der Waals surface area contributed by atoms with Gasteiger partial charge in [-0.3, -0.25) is 15.0 Å². The molecule has 6 nitrogen and oxygen atoms in total. The molecule has 0 aliphatic heterocycles. The van der Waals surface area contributed by atoms with Crippen LogP contribution in [0.2, 0.25) is 0 Å². The van der Waals surface area contributed by atoms with Crippen molar-refractivity contribution >= 4 is 65.0 Å². The Morgan fingerprint density at radius 3 is 1.68 bits per heavy atom. The second kappa shape index (κ2) is 10.2. The quantitative estimate of drug-likeness (QED) is 0.107. The predicted molar refractivity (Wildman–Crippen MR) is 161 cm³/mol.